The van der Waals surface area contributed by atoms with Crippen molar-refractivity contribution in [3.05, 3.63) is 97.2 Å². The predicted octanol–water partition coefficient (Wildman–Crippen LogP) is 18.1. The zero-order valence-electron chi connectivity index (χ0n) is 42.3. The van der Waals surface area contributed by atoms with Crippen molar-refractivity contribution in [1.82, 2.24) is 5.32 Å². The van der Waals surface area contributed by atoms with E-state index in [1.165, 1.54) is 154 Å². The monoisotopic (exact) mass is 888 g/mol. The molecule has 2 unspecified atom stereocenters. The fourth-order valence-corrected chi connectivity index (χ4v) is 7.92. The number of nitrogens with one attached hydrogen (secondary N) is 1. The molecule has 0 bridgehead atoms. The van der Waals surface area contributed by atoms with Crippen molar-refractivity contribution in [3.63, 3.8) is 0 Å². The summed E-state index contributed by atoms with van der Waals surface area (Å²) >= 11 is 0. The maximum Gasteiger partial charge on any atom is 0.220 e. The molecular formula is C60H105NO3. The smallest absolute Gasteiger partial charge is 0.220 e. The highest BCUT2D eigenvalue weighted by Crippen LogP contribution is 2.16. The Kier molecular flexibility index (Phi) is 52.3. The van der Waals surface area contributed by atoms with Crippen LogP contribution in [-0.2, 0) is 4.79 Å². The number of carbonyl (C=O) groups excluding carboxylic acids is 1. The highest BCUT2D eigenvalue weighted by atomic mass is 16.3. The Morgan fingerprint density at radius 2 is 0.688 bits per heavy atom. The summed E-state index contributed by atoms with van der Waals surface area (Å²) in [6, 6.07) is -0.636. The summed E-state index contributed by atoms with van der Waals surface area (Å²) < 4.78 is 0. The molecule has 0 radical (unpaired) electrons. The molecular weight excluding hydrogens is 783 g/mol. The van der Waals surface area contributed by atoms with Crippen molar-refractivity contribution in [2.24, 2.45) is 0 Å². The number of allylic oxidation sites excluding steroid dienone is 15. The van der Waals surface area contributed by atoms with Gasteiger partial charge in [-0.1, -0.05) is 272 Å². The molecule has 1 amide bonds. The summed E-state index contributed by atoms with van der Waals surface area (Å²) in [5.74, 6) is -0.0772. The molecule has 3 N–H and O–H groups in total. The Hall–Kier alpha value is -2.69. The van der Waals surface area contributed by atoms with E-state index in [-0.39, 0.29) is 12.5 Å². The summed E-state index contributed by atoms with van der Waals surface area (Å²) in [7, 11) is 0. The van der Waals surface area contributed by atoms with Crippen molar-refractivity contribution in [2.75, 3.05) is 6.61 Å². The third kappa shape index (κ3) is 50.3. The van der Waals surface area contributed by atoms with Gasteiger partial charge >= 0.3 is 0 Å². The molecule has 4 nitrogen and oxygen atoms in total. The molecule has 0 aliphatic carbocycles. The van der Waals surface area contributed by atoms with Gasteiger partial charge < -0.3 is 15.5 Å². The highest BCUT2D eigenvalue weighted by molar-refractivity contribution is 5.76. The average molecular weight is 889 g/mol. The number of hydrogen-bond acceptors (Lipinski definition) is 3. The molecule has 0 rings (SSSR count). The molecule has 0 aromatic rings. The van der Waals surface area contributed by atoms with E-state index in [0.717, 1.165) is 83.5 Å². The van der Waals surface area contributed by atoms with E-state index in [9.17, 15) is 15.0 Å². The second kappa shape index (κ2) is 54.6. The van der Waals surface area contributed by atoms with Gasteiger partial charge in [0.1, 0.15) is 0 Å². The maximum absolute atomic E-state index is 12.5. The van der Waals surface area contributed by atoms with E-state index in [0.29, 0.717) is 6.42 Å². The van der Waals surface area contributed by atoms with Gasteiger partial charge in [-0.2, -0.15) is 0 Å². The molecule has 0 spiro atoms. The molecule has 0 aromatic heterocycles. The van der Waals surface area contributed by atoms with Gasteiger partial charge in [-0.25, -0.2) is 0 Å². The number of rotatable bonds is 49. The molecule has 0 saturated carbocycles. The van der Waals surface area contributed by atoms with Crippen LogP contribution in [0.2, 0.25) is 0 Å². The summed E-state index contributed by atoms with van der Waals surface area (Å²) in [5.41, 5.74) is 0. The molecule has 4 heteroatoms. The first-order valence-corrected chi connectivity index (χ1v) is 27.5. The van der Waals surface area contributed by atoms with Crippen molar-refractivity contribution < 1.29 is 15.0 Å². The van der Waals surface area contributed by atoms with Gasteiger partial charge in [0.25, 0.3) is 0 Å². The topological polar surface area (TPSA) is 69.6 Å². The fourth-order valence-electron chi connectivity index (χ4n) is 7.92. The Labute approximate surface area is 398 Å². The van der Waals surface area contributed by atoms with E-state index in [1.54, 1.807) is 6.08 Å². The lowest BCUT2D eigenvalue weighted by Gasteiger charge is -2.20. The van der Waals surface area contributed by atoms with Gasteiger partial charge in [0.05, 0.1) is 18.8 Å². The normalized spacial score (nSPS) is 13.6. The predicted molar refractivity (Wildman–Crippen MR) is 285 cm³/mol. The number of unbranched alkanes of at least 4 members (excludes halogenated alkanes) is 28. The summed E-state index contributed by atoms with van der Waals surface area (Å²) in [6.07, 6.45) is 81.2. The average Bonchev–Trinajstić information content (AvgIpc) is 3.30. The lowest BCUT2D eigenvalue weighted by molar-refractivity contribution is -0.123. The van der Waals surface area contributed by atoms with Gasteiger partial charge in [-0.15, -0.1) is 0 Å². The molecule has 368 valence electrons. The molecule has 0 saturated heterocycles. The number of aliphatic hydroxyl groups excluding tert-OH is 2. The van der Waals surface area contributed by atoms with Crippen LogP contribution < -0.4 is 5.32 Å². The van der Waals surface area contributed by atoms with Gasteiger partial charge in [0, 0.05) is 6.42 Å². The number of amides is 1. The zero-order valence-corrected chi connectivity index (χ0v) is 42.3. The molecule has 64 heavy (non-hydrogen) atoms. The molecule has 0 aliphatic heterocycles. The first-order valence-electron chi connectivity index (χ1n) is 27.5. The van der Waals surface area contributed by atoms with Crippen LogP contribution in [0, 0.1) is 0 Å². The zero-order chi connectivity index (χ0) is 46.3. The minimum atomic E-state index is -0.852. The Bertz CT molecular complexity index is 1190. The molecule has 0 fully saturated rings. The van der Waals surface area contributed by atoms with Gasteiger partial charge in [0.2, 0.25) is 5.91 Å². The largest absolute Gasteiger partial charge is 0.394 e. The van der Waals surface area contributed by atoms with Crippen molar-refractivity contribution >= 4 is 5.91 Å². The Morgan fingerprint density at radius 3 is 1.03 bits per heavy atom. The van der Waals surface area contributed by atoms with Crippen molar-refractivity contribution in [1.29, 1.82) is 0 Å². The van der Waals surface area contributed by atoms with E-state index >= 15 is 0 Å². The van der Waals surface area contributed by atoms with Crippen LogP contribution in [0.4, 0.5) is 0 Å². The Morgan fingerprint density at radius 1 is 0.391 bits per heavy atom. The summed E-state index contributed by atoms with van der Waals surface area (Å²) in [5, 5.41) is 23.2. The van der Waals surface area contributed by atoms with E-state index in [2.05, 4.69) is 104 Å². The molecule has 0 aliphatic rings. The fraction of sp³-hybridized carbons (Fsp3) is 0.717. The lowest BCUT2D eigenvalue weighted by Crippen LogP contribution is -2.45. The van der Waals surface area contributed by atoms with Crippen LogP contribution in [-0.4, -0.2) is 34.9 Å². The van der Waals surface area contributed by atoms with Gasteiger partial charge in [-0.3, -0.25) is 4.79 Å². The van der Waals surface area contributed by atoms with Gasteiger partial charge in [-0.05, 0) is 77.0 Å². The number of aliphatic hydroxyl groups is 2. The second-order valence-electron chi connectivity index (χ2n) is 18.3. The minimum Gasteiger partial charge on any atom is -0.394 e. The first kappa shape index (κ1) is 61.3. The third-order valence-corrected chi connectivity index (χ3v) is 12.1. The third-order valence-electron chi connectivity index (χ3n) is 12.1. The maximum atomic E-state index is 12.5. The summed E-state index contributed by atoms with van der Waals surface area (Å²) in [4.78, 5) is 12.5. The molecule has 0 aromatic carbocycles. The van der Waals surface area contributed by atoms with Crippen LogP contribution in [0.15, 0.2) is 97.2 Å². The number of hydrogen-bond donors (Lipinski definition) is 3. The SMILES string of the molecule is CC/C=C\C/C=C\C/C=C\C/C=C\C/C=C\C/C=C\C/C=C\CCCCCCCCCC(=O)NC(CO)C(O)/C=C/CCCCCCCCCCCCCCCCCCCCCCC. The van der Waals surface area contributed by atoms with E-state index in [4.69, 9.17) is 0 Å². The minimum absolute atomic E-state index is 0.0772. The second-order valence-corrected chi connectivity index (χ2v) is 18.3. The van der Waals surface area contributed by atoms with Crippen molar-refractivity contribution in [3.8, 4) is 0 Å². The first-order chi connectivity index (χ1) is 31.7. The Balaban J connectivity index is 3.60. The quantitative estimate of drug-likeness (QED) is 0.0421. The standard InChI is InChI=1S/C60H105NO3/c1-3-5-7-9-11-13-15-17-19-21-23-25-27-28-29-30-31-32-34-36-38-40-42-44-46-48-50-52-54-56-60(64)61-58(57-62)59(63)55-53-51-49-47-45-43-41-39-37-35-33-26-24-22-20-18-16-14-12-10-8-6-4-2/h5,7,11,13,17,19,23,25,28-29,31-32,36,38,53,55,58-59,62-63H,3-4,6,8-10,12,14-16,18,20-22,24,26-27,30,33-35,37,39-52,54,56-57H2,1-2H3,(H,61,64)/b7-5-,13-11-,19-17-,25-23-,29-28-,32-31-,38-36-,55-53+. The molecule has 2 atom stereocenters. The van der Waals surface area contributed by atoms with Crippen LogP contribution in [0.5, 0.6) is 0 Å². The van der Waals surface area contributed by atoms with Crippen molar-refractivity contribution in [2.45, 2.75) is 270 Å². The molecule has 0 heterocycles. The van der Waals surface area contributed by atoms with Crippen LogP contribution >= 0.6 is 0 Å². The highest BCUT2D eigenvalue weighted by Gasteiger charge is 2.18. The number of carbonyl (C=O) groups is 1. The van der Waals surface area contributed by atoms with Gasteiger partial charge in [0.15, 0.2) is 0 Å². The van der Waals surface area contributed by atoms with Crippen LogP contribution in [0.25, 0.3) is 0 Å². The van der Waals surface area contributed by atoms with Crippen LogP contribution in [0.1, 0.15) is 258 Å². The summed E-state index contributed by atoms with van der Waals surface area (Å²) in [6.45, 7) is 4.20. The van der Waals surface area contributed by atoms with E-state index in [1.807, 2.05) is 6.08 Å². The van der Waals surface area contributed by atoms with E-state index < -0.39 is 12.1 Å². The van der Waals surface area contributed by atoms with Crippen LogP contribution in [0.3, 0.4) is 0 Å². The lowest BCUT2D eigenvalue weighted by atomic mass is 10.0.